The second kappa shape index (κ2) is 7.32. The standard InChI is InChI=1S/C17H23ClN2O3/c1-17(2,3)23-16(22)20-10-8-19(9-11-20)12-15(21)13-4-6-14(18)7-5-13/h4-7H,8-12H2,1-3H3. The van der Waals surface area contributed by atoms with Gasteiger partial charge in [0.2, 0.25) is 0 Å². The van der Waals surface area contributed by atoms with Crippen molar-refractivity contribution in [3.05, 3.63) is 34.9 Å². The van der Waals surface area contributed by atoms with Crippen LogP contribution in [0, 0.1) is 0 Å². The predicted octanol–water partition coefficient (Wildman–Crippen LogP) is 3.08. The Morgan fingerprint density at radius 1 is 1.09 bits per heavy atom. The minimum Gasteiger partial charge on any atom is -0.444 e. The molecule has 1 amide bonds. The van der Waals surface area contributed by atoms with Crippen molar-refractivity contribution in [2.24, 2.45) is 0 Å². The molecule has 1 aromatic rings. The van der Waals surface area contributed by atoms with Gasteiger partial charge in [-0.2, -0.15) is 0 Å². The largest absolute Gasteiger partial charge is 0.444 e. The fraction of sp³-hybridized carbons (Fsp3) is 0.529. The van der Waals surface area contributed by atoms with Crippen LogP contribution < -0.4 is 0 Å². The van der Waals surface area contributed by atoms with Gasteiger partial charge in [0.05, 0.1) is 6.54 Å². The van der Waals surface area contributed by atoms with E-state index in [1.807, 2.05) is 20.8 Å². The van der Waals surface area contributed by atoms with E-state index in [0.29, 0.717) is 43.3 Å². The van der Waals surface area contributed by atoms with Gasteiger partial charge in [-0.3, -0.25) is 9.69 Å². The molecule has 0 bridgehead atoms. The highest BCUT2D eigenvalue weighted by Gasteiger charge is 2.26. The van der Waals surface area contributed by atoms with E-state index < -0.39 is 5.60 Å². The van der Waals surface area contributed by atoms with E-state index in [2.05, 4.69) is 4.90 Å². The summed E-state index contributed by atoms with van der Waals surface area (Å²) in [6.45, 7) is 8.39. The summed E-state index contributed by atoms with van der Waals surface area (Å²) in [4.78, 5) is 28.0. The van der Waals surface area contributed by atoms with Gasteiger partial charge in [0, 0.05) is 36.8 Å². The number of carbonyl (C=O) groups is 2. The van der Waals surface area contributed by atoms with Crippen LogP contribution in [0.1, 0.15) is 31.1 Å². The van der Waals surface area contributed by atoms with E-state index in [-0.39, 0.29) is 11.9 Å². The number of hydrogen-bond donors (Lipinski definition) is 0. The number of hydrogen-bond acceptors (Lipinski definition) is 4. The van der Waals surface area contributed by atoms with Gasteiger partial charge in [-0.1, -0.05) is 11.6 Å². The molecule has 1 fully saturated rings. The first-order valence-electron chi connectivity index (χ1n) is 7.74. The van der Waals surface area contributed by atoms with Crippen molar-refractivity contribution in [1.82, 2.24) is 9.80 Å². The number of piperazine rings is 1. The molecule has 0 atom stereocenters. The molecular formula is C17H23ClN2O3. The predicted molar refractivity (Wildman–Crippen MR) is 90.0 cm³/mol. The first-order chi connectivity index (χ1) is 10.7. The average Bonchev–Trinajstić information content (AvgIpc) is 2.46. The fourth-order valence-electron chi connectivity index (χ4n) is 2.35. The SMILES string of the molecule is CC(C)(C)OC(=O)N1CCN(CC(=O)c2ccc(Cl)cc2)CC1. The van der Waals surface area contributed by atoms with Crippen LogP contribution in [0.25, 0.3) is 0 Å². The molecule has 1 aliphatic rings. The van der Waals surface area contributed by atoms with Crippen LogP contribution in [0.3, 0.4) is 0 Å². The summed E-state index contributed by atoms with van der Waals surface area (Å²) in [6.07, 6.45) is -0.291. The Bertz CT molecular complexity index is 558. The number of carbonyl (C=O) groups excluding carboxylic acids is 2. The third-order valence-corrected chi connectivity index (χ3v) is 3.81. The number of ether oxygens (including phenoxy) is 1. The molecule has 0 radical (unpaired) electrons. The first-order valence-corrected chi connectivity index (χ1v) is 8.11. The fourth-order valence-corrected chi connectivity index (χ4v) is 2.47. The maximum atomic E-state index is 12.2. The van der Waals surface area contributed by atoms with Crippen LogP contribution in [-0.4, -0.2) is 60.0 Å². The van der Waals surface area contributed by atoms with E-state index in [1.165, 1.54) is 0 Å². The molecule has 126 valence electrons. The Morgan fingerprint density at radius 2 is 1.65 bits per heavy atom. The number of amides is 1. The summed E-state index contributed by atoms with van der Waals surface area (Å²) in [5.74, 6) is 0.0624. The lowest BCUT2D eigenvalue weighted by Crippen LogP contribution is -2.51. The summed E-state index contributed by atoms with van der Waals surface area (Å²) in [5.41, 5.74) is 0.169. The normalized spacial score (nSPS) is 16.3. The summed E-state index contributed by atoms with van der Waals surface area (Å²) in [7, 11) is 0. The molecule has 1 aliphatic heterocycles. The molecule has 0 saturated carbocycles. The van der Waals surface area contributed by atoms with Gasteiger partial charge in [-0.05, 0) is 45.0 Å². The third kappa shape index (κ3) is 5.52. The second-order valence-electron chi connectivity index (χ2n) is 6.67. The average molecular weight is 339 g/mol. The Labute approximate surface area is 142 Å². The molecule has 0 aliphatic carbocycles. The molecule has 0 spiro atoms. The van der Waals surface area contributed by atoms with Gasteiger partial charge in [0.15, 0.2) is 5.78 Å². The van der Waals surface area contributed by atoms with Crippen LogP contribution in [0.4, 0.5) is 4.79 Å². The Kier molecular flexibility index (Phi) is 5.65. The quantitative estimate of drug-likeness (QED) is 0.795. The Hall–Kier alpha value is -1.59. The number of rotatable bonds is 3. The highest BCUT2D eigenvalue weighted by Crippen LogP contribution is 2.13. The van der Waals surface area contributed by atoms with Gasteiger partial charge < -0.3 is 9.64 Å². The topological polar surface area (TPSA) is 49.9 Å². The van der Waals surface area contributed by atoms with Gasteiger partial charge in [-0.25, -0.2) is 4.79 Å². The molecule has 2 rings (SSSR count). The van der Waals surface area contributed by atoms with Crippen LogP contribution >= 0.6 is 11.6 Å². The van der Waals surface area contributed by atoms with Crippen molar-refractivity contribution in [2.75, 3.05) is 32.7 Å². The monoisotopic (exact) mass is 338 g/mol. The molecule has 6 heteroatoms. The lowest BCUT2D eigenvalue weighted by atomic mass is 10.1. The van der Waals surface area contributed by atoms with Crippen molar-refractivity contribution in [2.45, 2.75) is 26.4 Å². The number of nitrogens with zero attached hydrogens (tertiary/aromatic N) is 2. The zero-order valence-corrected chi connectivity index (χ0v) is 14.6. The minimum absolute atomic E-state index is 0.0624. The third-order valence-electron chi connectivity index (χ3n) is 3.56. The van der Waals surface area contributed by atoms with Crippen molar-refractivity contribution in [3.63, 3.8) is 0 Å². The van der Waals surface area contributed by atoms with Crippen LogP contribution in [0.5, 0.6) is 0 Å². The zero-order chi connectivity index (χ0) is 17.0. The van der Waals surface area contributed by atoms with E-state index in [9.17, 15) is 9.59 Å². The zero-order valence-electron chi connectivity index (χ0n) is 13.8. The molecule has 0 unspecified atom stereocenters. The smallest absolute Gasteiger partial charge is 0.410 e. The molecule has 23 heavy (non-hydrogen) atoms. The van der Waals surface area contributed by atoms with E-state index >= 15 is 0 Å². The number of benzene rings is 1. The van der Waals surface area contributed by atoms with E-state index in [0.717, 1.165) is 0 Å². The number of Topliss-reactive ketones (excluding diaryl/α,β-unsaturated/α-hetero) is 1. The summed E-state index contributed by atoms with van der Waals surface area (Å²) < 4.78 is 5.36. The molecule has 0 N–H and O–H groups in total. The van der Waals surface area contributed by atoms with E-state index in [1.54, 1.807) is 29.2 Å². The van der Waals surface area contributed by atoms with Gasteiger partial charge in [0.25, 0.3) is 0 Å². The molecular weight excluding hydrogens is 316 g/mol. The Morgan fingerprint density at radius 3 is 2.17 bits per heavy atom. The molecule has 5 nitrogen and oxygen atoms in total. The molecule has 1 saturated heterocycles. The Balaban J connectivity index is 1.81. The van der Waals surface area contributed by atoms with Crippen molar-refractivity contribution >= 4 is 23.5 Å². The summed E-state index contributed by atoms with van der Waals surface area (Å²) >= 11 is 5.83. The molecule has 0 aromatic heterocycles. The van der Waals surface area contributed by atoms with Crippen molar-refractivity contribution in [3.8, 4) is 0 Å². The highest BCUT2D eigenvalue weighted by molar-refractivity contribution is 6.30. The highest BCUT2D eigenvalue weighted by atomic mass is 35.5. The molecule has 1 aromatic carbocycles. The number of halogens is 1. The van der Waals surface area contributed by atoms with Crippen molar-refractivity contribution < 1.29 is 14.3 Å². The first kappa shape index (κ1) is 17.8. The lowest BCUT2D eigenvalue weighted by Gasteiger charge is -2.35. The maximum Gasteiger partial charge on any atom is 0.410 e. The van der Waals surface area contributed by atoms with Crippen LogP contribution in [0.2, 0.25) is 5.02 Å². The second-order valence-corrected chi connectivity index (χ2v) is 7.11. The number of ketones is 1. The van der Waals surface area contributed by atoms with Gasteiger partial charge in [-0.15, -0.1) is 0 Å². The lowest BCUT2D eigenvalue weighted by molar-refractivity contribution is 0.0149. The van der Waals surface area contributed by atoms with E-state index in [4.69, 9.17) is 16.3 Å². The maximum absolute atomic E-state index is 12.2. The summed E-state index contributed by atoms with van der Waals surface area (Å²) in [5, 5.41) is 0.618. The van der Waals surface area contributed by atoms with Gasteiger partial charge >= 0.3 is 6.09 Å². The minimum atomic E-state index is -0.487. The van der Waals surface area contributed by atoms with Crippen LogP contribution in [-0.2, 0) is 4.74 Å². The van der Waals surface area contributed by atoms with Gasteiger partial charge in [0.1, 0.15) is 5.60 Å². The van der Waals surface area contributed by atoms with Crippen LogP contribution in [0.15, 0.2) is 24.3 Å². The summed E-state index contributed by atoms with van der Waals surface area (Å²) in [6, 6.07) is 6.91. The molecule has 1 heterocycles. The van der Waals surface area contributed by atoms with Crippen molar-refractivity contribution in [1.29, 1.82) is 0 Å².